The molecule has 5 nitrogen and oxygen atoms in total. The van der Waals surface area contributed by atoms with Gasteiger partial charge in [0.05, 0.1) is 0 Å². The second-order valence-corrected chi connectivity index (χ2v) is 4.60. The third-order valence-electron chi connectivity index (χ3n) is 2.74. The normalized spacial score (nSPS) is 11.7. The van der Waals surface area contributed by atoms with E-state index in [9.17, 15) is 9.59 Å². The van der Waals surface area contributed by atoms with Gasteiger partial charge in [-0.2, -0.15) is 0 Å². The summed E-state index contributed by atoms with van der Waals surface area (Å²) < 4.78 is 0. The number of amides is 2. The number of hydrogen-bond acceptors (Lipinski definition) is 3. The number of hydrogen-bond donors (Lipinski definition) is 3. The Morgan fingerprint density at radius 2 is 2.05 bits per heavy atom. The third kappa shape index (κ3) is 4.62. The first kappa shape index (κ1) is 15.0. The Hall–Kier alpha value is -2.04. The van der Waals surface area contributed by atoms with Crippen molar-refractivity contribution in [1.82, 2.24) is 5.32 Å². The molecule has 0 aliphatic carbocycles. The SMILES string of the molecule is CCNc1ccc(C(=O)NC(C)CC(N)=O)cc1C. The summed E-state index contributed by atoms with van der Waals surface area (Å²) in [6.45, 7) is 6.55. The highest BCUT2D eigenvalue weighted by Crippen LogP contribution is 2.16. The Balaban J connectivity index is 2.72. The van der Waals surface area contributed by atoms with Gasteiger partial charge in [-0.3, -0.25) is 9.59 Å². The van der Waals surface area contributed by atoms with Gasteiger partial charge in [-0.15, -0.1) is 0 Å². The maximum absolute atomic E-state index is 12.0. The monoisotopic (exact) mass is 263 g/mol. The number of carbonyl (C=O) groups is 2. The average Bonchev–Trinajstić information content (AvgIpc) is 2.30. The number of nitrogens with one attached hydrogen (secondary N) is 2. The number of rotatable bonds is 6. The fourth-order valence-corrected chi connectivity index (χ4v) is 1.85. The van der Waals surface area contributed by atoms with Gasteiger partial charge in [0.2, 0.25) is 5.91 Å². The van der Waals surface area contributed by atoms with Crippen molar-refractivity contribution < 1.29 is 9.59 Å². The largest absolute Gasteiger partial charge is 0.385 e. The number of aryl methyl sites for hydroxylation is 1. The zero-order valence-electron chi connectivity index (χ0n) is 11.6. The molecule has 104 valence electrons. The summed E-state index contributed by atoms with van der Waals surface area (Å²) in [5, 5.41) is 5.96. The summed E-state index contributed by atoms with van der Waals surface area (Å²) in [6.07, 6.45) is 0.139. The van der Waals surface area contributed by atoms with Gasteiger partial charge in [-0.25, -0.2) is 0 Å². The molecule has 2 amide bonds. The number of primary amides is 1. The van der Waals surface area contributed by atoms with Crippen LogP contribution in [0.1, 0.15) is 36.2 Å². The fraction of sp³-hybridized carbons (Fsp3) is 0.429. The van der Waals surface area contributed by atoms with Crippen LogP contribution in [0.2, 0.25) is 0 Å². The van der Waals surface area contributed by atoms with Crippen molar-refractivity contribution in [3.05, 3.63) is 29.3 Å². The van der Waals surface area contributed by atoms with Crippen molar-refractivity contribution in [1.29, 1.82) is 0 Å². The van der Waals surface area contributed by atoms with E-state index in [1.807, 2.05) is 26.0 Å². The summed E-state index contributed by atoms with van der Waals surface area (Å²) in [5.41, 5.74) is 7.69. The smallest absolute Gasteiger partial charge is 0.251 e. The molecule has 1 aromatic rings. The van der Waals surface area contributed by atoms with E-state index in [1.54, 1.807) is 13.0 Å². The summed E-state index contributed by atoms with van der Waals surface area (Å²) in [7, 11) is 0. The number of benzene rings is 1. The highest BCUT2D eigenvalue weighted by molar-refractivity contribution is 5.95. The van der Waals surface area contributed by atoms with Gasteiger partial charge in [-0.1, -0.05) is 0 Å². The van der Waals surface area contributed by atoms with Gasteiger partial charge >= 0.3 is 0 Å². The van der Waals surface area contributed by atoms with Crippen molar-refractivity contribution in [2.75, 3.05) is 11.9 Å². The molecule has 0 saturated heterocycles. The predicted molar refractivity (Wildman–Crippen MR) is 76.1 cm³/mol. The van der Waals surface area contributed by atoms with Crippen molar-refractivity contribution in [3.63, 3.8) is 0 Å². The molecular weight excluding hydrogens is 242 g/mol. The van der Waals surface area contributed by atoms with Crippen molar-refractivity contribution in [3.8, 4) is 0 Å². The first-order valence-electron chi connectivity index (χ1n) is 6.37. The van der Waals surface area contributed by atoms with Crippen molar-refractivity contribution in [2.45, 2.75) is 33.2 Å². The van der Waals surface area contributed by atoms with E-state index in [4.69, 9.17) is 5.73 Å². The third-order valence-corrected chi connectivity index (χ3v) is 2.74. The summed E-state index contributed by atoms with van der Waals surface area (Å²) >= 11 is 0. The number of carbonyl (C=O) groups excluding carboxylic acids is 2. The van der Waals surface area contributed by atoms with Crippen molar-refractivity contribution >= 4 is 17.5 Å². The predicted octanol–water partition coefficient (Wildman–Crippen LogP) is 1.42. The lowest BCUT2D eigenvalue weighted by atomic mass is 10.1. The lowest BCUT2D eigenvalue weighted by molar-refractivity contribution is -0.118. The average molecular weight is 263 g/mol. The fourth-order valence-electron chi connectivity index (χ4n) is 1.85. The topological polar surface area (TPSA) is 84.2 Å². The van der Waals surface area contributed by atoms with Crippen LogP contribution in [-0.2, 0) is 4.79 Å². The maximum Gasteiger partial charge on any atom is 0.251 e. The summed E-state index contributed by atoms with van der Waals surface area (Å²) in [5.74, 6) is -0.619. The van der Waals surface area contributed by atoms with Crippen LogP contribution in [0.5, 0.6) is 0 Å². The molecule has 0 aliphatic rings. The van der Waals surface area contributed by atoms with E-state index >= 15 is 0 Å². The molecule has 0 spiro atoms. The van der Waals surface area contributed by atoms with E-state index in [1.165, 1.54) is 0 Å². The number of nitrogens with two attached hydrogens (primary N) is 1. The lowest BCUT2D eigenvalue weighted by Gasteiger charge is -2.13. The van der Waals surface area contributed by atoms with Crippen LogP contribution in [0, 0.1) is 6.92 Å². The quantitative estimate of drug-likeness (QED) is 0.725. The molecular formula is C14H21N3O2. The molecule has 1 atom stereocenters. The molecule has 0 aliphatic heterocycles. The maximum atomic E-state index is 12.0. The van der Waals surface area contributed by atoms with E-state index in [0.29, 0.717) is 5.56 Å². The van der Waals surface area contributed by atoms with Crippen LogP contribution in [0.3, 0.4) is 0 Å². The highest BCUT2D eigenvalue weighted by Gasteiger charge is 2.12. The van der Waals surface area contributed by atoms with Crippen LogP contribution in [0.25, 0.3) is 0 Å². The minimum Gasteiger partial charge on any atom is -0.385 e. The summed E-state index contributed by atoms with van der Waals surface area (Å²) in [4.78, 5) is 22.7. The molecule has 1 aromatic carbocycles. The van der Waals surface area contributed by atoms with Gasteiger partial charge in [0.15, 0.2) is 0 Å². The first-order chi connectivity index (χ1) is 8.93. The van der Waals surface area contributed by atoms with E-state index < -0.39 is 5.91 Å². The molecule has 0 radical (unpaired) electrons. The first-order valence-corrected chi connectivity index (χ1v) is 6.37. The molecule has 0 fully saturated rings. The van der Waals surface area contributed by atoms with Gasteiger partial charge < -0.3 is 16.4 Å². The highest BCUT2D eigenvalue weighted by atomic mass is 16.2. The molecule has 0 bridgehead atoms. The molecule has 5 heteroatoms. The molecule has 0 saturated carbocycles. The van der Waals surface area contributed by atoms with E-state index in [-0.39, 0.29) is 18.4 Å². The van der Waals surface area contributed by atoms with Crippen molar-refractivity contribution in [2.24, 2.45) is 5.73 Å². The van der Waals surface area contributed by atoms with Crippen LogP contribution in [0.4, 0.5) is 5.69 Å². The van der Waals surface area contributed by atoms with Crippen LogP contribution in [-0.4, -0.2) is 24.4 Å². The minimum absolute atomic E-state index is 0.139. The standard InChI is InChI=1S/C14H21N3O2/c1-4-16-12-6-5-11(7-9(12)2)14(19)17-10(3)8-13(15)18/h5-7,10,16H,4,8H2,1-3H3,(H2,15,18)(H,17,19). The van der Waals surface area contributed by atoms with E-state index in [0.717, 1.165) is 17.8 Å². The minimum atomic E-state index is -0.425. The molecule has 0 heterocycles. The second-order valence-electron chi connectivity index (χ2n) is 4.60. The van der Waals surface area contributed by atoms with Gasteiger partial charge in [0.1, 0.15) is 0 Å². The zero-order valence-corrected chi connectivity index (χ0v) is 11.6. The second kappa shape index (κ2) is 6.78. The summed E-state index contributed by atoms with van der Waals surface area (Å²) in [6, 6.07) is 5.20. The molecule has 1 unspecified atom stereocenters. The number of anilines is 1. The van der Waals surface area contributed by atoms with Crippen LogP contribution < -0.4 is 16.4 Å². The molecule has 19 heavy (non-hydrogen) atoms. The Morgan fingerprint density at radius 1 is 1.37 bits per heavy atom. The Bertz CT molecular complexity index is 472. The van der Waals surface area contributed by atoms with Gasteiger partial charge in [-0.05, 0) is 44.5 Å². The van der Waals surface area contributed by atoms with E-state index in [2.05, 4.69) is 10.6 Å². The lowest BCUT2D eigenvalue weighted by Crippen LogP contribution is -2.35. The van der Waals surface area contributed by atoms with Gasteiger partial charge in [0, 0.05) is 30.3 Å². The molecule has 0 aromatic heterocycles. The van der Waals surface area contributed by atoms with Gasteiger partial charge in [0.25, 0.3) is 5.91 Å². The Kier molecular flexibility index (Phi) is 5.36. The molecule has 4 N–H and O–H groups in total. The Labute approximate surface area is 113 Å². The Morgan fingerprint density at radius 3 is 2.58 bits per heavy atom. The van der Waals surface area contributed by atoms with Crippen LogP contribution in [0.15, 0.2) is 18.2 Å². The zero-order chi connectivity index (χ0) is 14.4. The molecule has 1 rings (SSSR count). The van der Waals surface area contributed by atoms with Crippen LogP contribution >= 0.6 is 0 Å².